The average Bonchev–Trinajstić information content (AvgIpc) is 2.30. The molecule has 2 heterocycles. The molecule has 2 bridgehead atoms. The van der Waals surface area contributed by atoms with E-state index in [-0.39, 0.29) is 6.61 Å². The van der Waals surface area contributed by atoms with Crippen LogP contribution in [0.2, 0.25) is 0 Å². The Morgan fingerprint density at radius 1 is 1.27 bits per heavy atom. The highest BCUT2D eigenvalue weighted by Crippen LogP contribution is 2.27. The SMILES string of the molecule is OCCN1C2CCC1COC2. The first-order chi connectivity index (χ1) is 5.42. The monoisotopic (exact) mass is 157 g/mol. The molecule has 3 nitrogen and oxygen atoms in total. The number of hydrogen-bond acceptors (Lipinski definition) is 3. The van der Waals surface area contributed by atoms with Gasteiger partial charge in [-0.3, -0.25) is 4.90 Å². The zero-order chi connectivity index (χ0) is 7.68. The molecule has 2 fully saturated rings. The minimum absolute atomic E-state index is 0.285. The van der Waals surface area contributed by atoms with E-state index in [0.29, 0.717) is 12.1 Å². The van der Waals surface area contributed by atoms with Crippen molar-refractivity contribution in [2.75, 3.05) is 26.4 Å². The van der Waals surface area contributed by atoms with Crippen molar-refractivity contribution in [3.05, 3.63) is 0 Å². The Kier molecular flexibility index (Phi) is 2.11. The summed E-state index contributed by atoms with van der Waals surface area (Å²) in [7, 11) is 0. The van der Waals surface area contributed by atoms with E-state index >= 15 is 0 Å². The van der Waals surface area contributed by atoms with Crippen LogP contribution in [-0.2, 0) is 4.74 Å². The smallest absolute Gasteiger partial charge is 0.0622 e. The number of fused-ring (bicyclic) bond motifs is 2. The Labute approximate surface area is 66.9 Å². The van der Waals surface area contributed by atoms with Gasteiger partial charge in [0.25, 0.3) is 0 Å². The Hall–Kier alpha value is -0.120. The molecule has 2 saturated heterocycles. The van der Waals surface area contributed by atoms with E-state index in [0.717, 1.165) is 19.8 Å². The van der Waals surface area contributed by atoms with Crippen LogP contribution in [0.5, 0.6) is 0 Å². The molecule has 0 aromatic carbocycles. The molecule has 0 saturated carbocycles. The van der Waals surface area contributed by atoms with Crippen LogP contribution in [0.15, 0.2) is 0 Å². The highest BCUT2D eigenvalue weighted by molar-refractivity contribution is 4.90. The lowest BCUT2D eigenvalue weighted by Gasteiger charge is -2.33. The van der Waals surface area contributed by atoms with E-state index in [4.69, 9.17) is 9.84 Å². The van der Waals surface area contributed by atoms with Gasteiger partial charge in [-0.05, 0) is 12.8 Å². The Bertz CT molecular complexity index is 124. The number of aliphatic hydroxyl groups excluding tert-OH is 1. The topological polar surface area (TPSA) is 32.7 Å². The van der Waals surface area contributed by atoms with E-state index in [1.165, 1.54) is 12.8 Å². The van der Waals surface area contributed by atoms with Crippen LogP contribution in [0.25, 0.3) is 0 Å². The summed E-state index contributed by atoms with van der Waals surface area (Å²) in [5, 5.41) is 8.80. The second-order valence-electron chi connectivity index (χ2n) is 3.38. The highest BCUT2D eigenvalue weighted by atomic mass is 16.5. The molecule has 0 amide bonds. The molecule has 0 spiro atoms. The number of rotatable bonds is 2. The second kappa shape index (κ2) is 3.09. The Morgan fingerprint density at radius 2 is 1.91 bits per heavy atom. The molecule has 0 radical (unpaired) electrons. The molecule has 0 aromatic rings. The maximum Gasteiger partial charge on any atom is 0.0622 e. The van der Waals surface area contributed by atoms with Crippen LogP contribution in [0.4, 0.5) is 0 Å². The van der Waals surface area contributed by atoms with Gasteiger partial charge in [-0.2, -0.15) is 0 Å². The van der Waals surface area contributed by atoms with Gasteiger partial charge in [0.1, 0.15) is 0 Å². The molecule has 11 heavy (non-hydrogen) atoms. The summed E-state index contributed by atoms with van der Waals surface area (Å²) < 4.78 is 5.41. The number of hydrogen-bond donors (Lipinski definition) is 1. The minimum atomic E-state index is 0.285. The van der Waals surface area contributed by atoms with E-state index in [1.54, 1.807) is 0 Å². The van der Waals surface area contributed by atoms with E-state index in [9.17, 15) is 0 Å². The molecule has 0 aliphatic carbocycles. The van der Waals surface area contributed by atoms with Crippen LogP contribution in [0.1, 0.15) is 12.8 Å². The lowest BCUT2D eigenvalue weighted by atomic mass is 10.2. The van der Waals surface area contributed by atoms with Gasteiger partial charge in [0.05, 0.1) is 19.8 Å². The number of ether oxygens (including phenoxy) is 1. The zero-order valence-corrected chi connectivity index (χ0v) is 6.70. The second-order valence-corrected chi connectivity index (χ2v) is 3.38. The van der Waals surface area contributed by atoms with E-state index in [1.807, 2.05) is 0 Å². The fourth-order valence-electron chi connectivity index (χ4n) is 2.19. The molecule has 0 aromatic heterocycles. The van der Waals surface area contributed by atoms with E-state index in [2.05, 4.69) is 4.90 Å². The predicted molar refractivity (Wildman–Crippen MR) is 41.4 cm³/mol. The quantitative estimate of drug-likeness (QED) is 0.604. The van der Waals surface area contributed by atoms with Gasteiger partial charge in [-0.15, -0.1) is 0 Å². The zero-order valence-electron chi connectivity index (χ0n) is 6.70. The number of nitrogens with zero attached hydrogens (tertiary/aromatic N) is 1. The van der Waals surface area contributed by atoms with Crippen molar-refractivity contribution >= 4 is 0 Å². The molecular formula is C8H15NO2. The van der Waals surface area contributed by atoms with Gasteiger partial charge in [0.2, 0.25) is 0 Å². The normalized spacial score (nSPS) is 37.9. The summed E-state index contributed by atoms with van der Waals surface area (Å²) in [5.41, 5.74) is 0. The minimum Gasteiger partial charge on any atom is -0.395 e. The molecule has 1 N–H and O–H groups in total. The third-order valence-electron chi connectivity index (χ3n) is 2.75. The maximum atomic E-state index is 8.80. The van der Waals surface area contributed by atoms with Gasteiger partial charge in [0.15, 0.2) is 0 Å². The number of morpholine rings is 1. The van der Waals surface area contributed by atoms with Gasteiger partial charge < -0.3 is 9.84 Å². The summed E-state index contributed by atoms with van der Waals surface area (Å²) in [6.45, 7) is 2.86. The number of aliphatic hydroxyl groups is 1. The predicted octanol–water partition coefficient (Wildman–Crippen LogP) is -0.158. The first-order valence-electron chi connectivity index (χ1n) is 4.36. The Morgan fingerprint density at radius 3 is 2.45 bits per heavy atom. The standard InChI is InChI=1S/C8H15NO2/c10-4-3-9-7-1-2-8(9)6-11-5-7/h7-8,10H,1-6H2. The lowest BCUT2D eigenvalue weighted by molar-refractivity contribution is -0.0204. The summed E-state index contributed by atoms with van der Waals surface area (Å²) in [4.78, 5) is 2.39. The van der Waals surface area contributed by atoms with E-state index < -0.39 is 0 Å². The largest absolute Gasteiger partial charge is 0.395 e. The summed E-state index contributed by atoms with van der Waals surface area (Å²) in [6.07, 6.45) is 2.51. The molecule has 64 valence electrons. The first kappa shape index (κ1) is 7.53. The third-order valence-corrected chi connectivity index (χ3v) is 2.75. The molecule has 3 heteroatoms. The van der Waals surface area contributed by atoms with Crippen molar-refractivity contribution in [1.29, 1.82) is 0 Å². The molecule has 2 aliphatic rings. The molecule has 2 unspecified atom stereocenters. The molecule has 2 rings (SSSR count). The first-order valence-corrected chi connectivity index (χ1v) is 4.36. The van der Waals surface area contributed by atoms with Gasteiger partial charge >= 0.3 is 0 Å². The van der Waals surface area contributed by atoms with Crippen molar-refractivity contribution in [3.63, 3.8) is 0 Å². The third kappa shape index (κ3) is 1.28. The van der Waals surface area contributed by atoms with Crippen molar-refractivity contribution < 1.29 is 9.84 Å². The lowest BCUT2D eigenvalue weighted by Crippen LogP contribution is -2.46. The van der Waals surface area contributed by atoms with Gasteiger partial charge in [0, 0.05) is 18.6 Å². The molecular weight excluding hydrogens is 142 g/mol. The molecule has 2 atom stereocenters. The Balaban J connectivity index is 1.97. The van der Waals surface area contributed by atoms with Crippen LogP contribution in [-0.4, -0.2) is 48.5 Å². The fraction of sp³-hybridized carbons (Fsp3) is 1.00. The highest BCUT2D eigenvalue weighted by Gasteiger charge is 2.36. The van der Waals surface area contributed by atoms with Crippen molar-refractivity contribution in [2.45, 2.75) is 24.9 Å². The summed E-state index contributed by atoms with van der Waals surface area (Å²) in [6, 6.07) is 1.20. The summed E-state index contributed by atoms with van der Waals surface area (Å²) in [5.74, 6) is 0. The molecule has 2 aliphatic heterocycles. The van der Waals surface area contributed by atoms with Gasteiger partial charge in [-0.1, -0.05) is 0 Å². The van der Waals surface area contributed by atoms with Crippen LogP contribution in [0, 0.1) is 0 Å². The van der Waals surface area contributed by atoms with Gasteiger partial charge in [-0.25, -0.2) is 0 Å². The van der Waals surface area contributed by atoms with Crippen LogP contribution < -0.4 is 0 Å². The fourth-order valence-corrected chi connectivity index (χ4v) is 2.19. The van der Waals surface area contributed by atoms with Crippen molar-refractivity contribution in [3.8, 4) is 0 Å². The van der Waals surface area contributed by atoms with Crippen molar-refractivity contribution in [1.82, 2.24) is 4.90 Å². The maximum absolute atomic E-state index is 8.80. The van der Waals surface area contributed by atoms with Crippen LogP contribution >= 0.6 is 0 Å². The van der Waals surface area contributed by atoms with Crippen molar-refractivity contribution in [2.24, 2.45) is 0 Å². The average molecular weight is 157 g/mol. The van der Waals surface area contributed by atoms with Crippen LogP contribution in [0.3, 0.4) is 0 Å². The summed E-state index contributed by atoms with van der Waals surface area (Å²) >= 11 is 0.